The molecule has 0 aromatic carbocycles. The number of nitrogens with zero attached hydrogens (tertiary/aromatic N) is 1. The fourth-order valence-corrected chi connectivity index (χ4v) is 2.78. The van der Waals surface area contributed by atoms with Gasteiger partial charge < -0.3 is 10.2 Å². The first-order valence-corrected chi connectivity index (χ1v) is 7.21. The summed E-state index contributed by atoms with van der Waals surface area (Å²) in [6.07, 6.45) is 2.97. The summed E-state index contributed by atoms with van der Waals surface area (Å²) in [7, 11) is -3.76. The van der Waals surface area contributed by atoms with Gasteiger partial charge in [-0.2, -0.15) is 8.42 Å². The number of furan rings is 1. The minimum absolute atomic E-state index is 0.147. The molecule has 8 heteroatoms. The van der Waals surface area contributed by atoms with Crippen LogP contribution in [0.3, 0.4) is 0 Å². The van der Waals surface area contributed by atoms with Crippen LogP contribution in [-0.2, 0) is 16.6 Å². The summed E-state index contributed by atoms with van der Waals surface area (Å²) in [5, 5.41) is -0.174. The van der Waals surface area contributed by atoms with Crippen molar-refractivity contribution in [3.63, 3.8) is 0 Å². The van der Waals surface area contributed by atoms with Crippen molar-refractivity contribution >= 4 is 31.6 Å². The highest BCUT2D eigenvalue weighted by Gasteiger charge is 2.19. The number of hydrogen-bond donors (Lipinski definition) is 2. The quantitative estimate of drug-likeness (QED) is 0.888. The Balaban J connectivity index is 2.30. The minimum atomic E-state index is -3.76. The van der Waals surface area contributed by atoms with Gasteiger partial charge in [0.15, 0.2) is 0 Å². The summed E-state index contributed by atoms with van der Waals surface area (Å²) in [6, 6.07) is 4.42. The van der Waals surface area contributed by atoms with E-state index in [4.69, 9.17) is 10.2 Å². The Labute approximate surface area is 112 Å². The second kappa shape index (κ2) is 5.09. The van der Waals surface area contributed by atoms with Gasteiger partial charge in [0.05, 0.1) is 16.7 Å². The van der Waals surface area contributed by atoms with Gasteiger partial charge in [-0.25, -0.2) is 0 Å². The molecule has 0 amide bonds. The van der Waals surface area contributed by atoms with Crippen molar-refractivity contribution in [2.24, 2.45) is 5.73 Å². The van der Waals surface area contributed by atoms with E-state index in [-0.39, 0.29) is 11.6 Å². The molecule has 0 radical (unpaired) electrons. The highest BCUT2D eigenvalue weighted by atomic mass is 79.9. The molecule has 0 aliphatic rings. The van der Waals surface area contributed by atoms with Crippen LogP contribution in [-0.4, -0.2) is 13.4 Å². The van der Waals surface area contributed by atoms with E-state index in [1.807, 2.05) is 0 Å². The van der Waals surface area contributed by atoms with Crippen molar-refractivity contribution in [1.29, 1.82) is 0 Å². The maximum Gasteiger partial charge on any atom is 0.295 e. The number of rotatable bonds is 4. The second-order valence-corrected chi connectivity index (χ2v) is 5.85. The van der Waals surface area contributed by atoms with Crippen LogP contribution in [0.15, 0.2) is 44.6 Å². The molecule has 0 atom stereocenters. The Morgan fingerprint density at radius 1 is 1.39 bits per heavy atom. The predicted octanol–water partition coefficient (Wildman–Crippen LogP) is 1.70. The lowest BCUT2D eigenvalue weighted by atomic mass is 10.4. The molecule has 0 fully saturated rings. The number of nitrogens with one attached hydrogen (secondary N) is 1. The maximum absolute atomic E-state index is 12.0. The predicted molar refractivity (Wildman–Crippen MR) is 69.3 cm³/mol. The number of nitrogens with two attached hydrogens (primary N) is 1. The summed E-state index contributed by atoms with van der Waals surface area (Å²) in [6.45, 7) is 0.147. The van der Waals surface area contributed by atoms with E-state index >= 15 is 0 Å². The van der Waals surface area contributed by atoms with Crippen LogP contribution in [0.25, 0.3) is 0 Å². The topological polar surface area (TPSA) is 98.2 Å². The minimum Gasteiger partial charge on any atom is -0.446 e. The van der Waals surface area contributed by atoms with Crippen LogP contribution < -0.4 is 10.5 Å². The van der Waals surface area contributed by atoms with Crippen LogP contribution in [0.5, 0.6) is 0 Å². The zero-order valence-electron chi connectivity index (χ0n) is 9.13. The number of pyridine rings is 1. The standard InChI is InChI=1S/C10H10BrN3O3S/c11-8-6-13-4-3-9(8)14-18(15,16)10-2-1-7(5-12)17-10/h1-4,6H,5,12H2,(H,13,14). The Hall–Kier alpha value is -1.38. The Kier molecular flexibility index (Phi) is 3.69. The summed E-state index contributed by atoms with van der Waals surface area (Å²) >= 11 is 3.20. The fourth-order valence-electron chi connectivity index (χ4n) is 1.27. The summed E-state index contributed by atoms with van der Waals surface area (Å²) in [4.78, 5) is 3.84. The zero-order chi connectivity index (χ0) is 13.2. The number of anilines is 1. The third-order valence-corrected chi connectivity index (χ3v) is 3.99. The van der Waals surface area contributed by atoms with Crippen LogP contribution in [0.4, 0.5) is 5.69 Å². The van der Waals surface area contributed by atoms with Crippen molar-refractivity contribution in [3.05, 3.63) is 40.8 Å². The largest absolute Gasteiger partial charge is 0.446 e. The third-order valence-electron chi connectivity index (χ3n) is 2.12. The molecule has 3 N–H and O–H groups in total. The van der Waals surface area contributed by atoms with E-state index in [0.29, 0.717) is 15.9 Å². The van der Waals surface area contributed by atoms with E-state index in [0.717, 1.165) is 0 Å². The zero-order valence-corrected chi connectivity index (χ0v) is 11.5. The van der Waals surface area contributed by atoms with Gasteiger partial charge in [0, 0.05) is 12.4 Å². The molecule has 2 aromatic heterocycles. The van der Waals surface area contributed by atoms with Crippen LogP contribution in [0.1, 0.15) is 5.76 Å². The molecule has 96 valence electrons. The average molecular weight is 332 g/mol. The molecule has 0 saturated carbocycles. The summed E-state index contributed by atoms with van der Waals surface area (Å²) in [5.41, 5.74) is 5.74. The molecule has 0 bridgehead atoms. The van der Waals surface area contributed by atoms with Gasteiger partial charge >= 0.3 is 0 Å². The first kappa shape index (κ1) is 13.1. The molecular weight excluding hydrogens is 322 g/mol. The van der Waals surface area contributed by atoms with Crippen LogP contribution in [0.2, 0.25) is 0 Å². The van der Waals surface area contributed by atoms with Gasteiger partial charge in [0.1, 0.15) is 5.76 Å². The highest BCUT2D eigenvalue weighted by molar-refractivity contribution is 9.10. The first-order valence-electron chi connectivity index (χ1n) is 4.94. The van der Waals surface area contributed by atoms with Crippen molar-refractivity contribution in [2.45, 2.75) is 11.6 Å². The SMILES string of the molecule is NCc1ccc(S(=O)(=O)Nc2ccncc2Br)o1. The first-order chi connectivity index (χ1) is 8.53. The van der Waals surface area contributed by atoms with Gasteiger partial charge in [-0.1, -0.05) is 0 Å². The lowest BCUT2D eigenvalue weighted by Crippen LogP contribution is -2.12. The molecule has 0 spiro atoms. The molecule has 0 saturated heterocycles. The molecule has 0 aliphatic carbocycles. The highest BCUT2D eigenvalue weighted by Crippen LogP contribution is 2.24. The lowest BCUT2D eigenvalue weighted by molar-refractivity contribution is 0.417. The molecule has 2 aromatic rings. The van der Waals surface area contributed by atoms with Gasteiger partial charge in [0.25, 0.3) is 10.0 Å². The Bertz CT molecular complexity index is 654. The van der Waals surface area contributed by atoms with E-state index in [1.54, 1.807) is 0 Å². The summed E-state index contributed by atoms with van der Waals surface area (Å²) < 4.78 is 32.0. The molecule has 2 heterocycles. The number of halogens is 1. The van der Waals surface area contributed by atoms with Gasteiger partial charge in [-0.3, -0.25) is 9.71 Å². The number of aromatic nitrogens is 1. The summed E-state index contributed by atoms with van der Waals surface area (Å²) in [5.74, 6) is 0.407. The second-order valence-electron chi connectivity index (χ2n) is 3.39. The van der Waals surface area contributed by atoms with Gasteiger partial charge in [-0.15, -0.1) is 0 Å². The van der Waals surface area contributed by atoms with E-state index in [9.17, 15) is 8.42 Å². The van der Waals surface area contributed by atoms with Crippen molar-refractivity contribution in [1.82, 2.24) is 4.98 Å². The fraction of sp³-hybridized carbons (Fsp3) is 0.100. The average Bonchev–Trinajstić information content (AvgIpc) is 2.81. The van der Waals surface area contributed by atoms with Crippen LogP contribution >= 0.6 is 15.9 Å². The number of hydrogen-bond acceptors (Lipinski definition) is 5. The van der Waals surface area contributed by atoms with Crippen molar-refractivity contribution < 1.29 is 12.8 Å². The maximum atomic E-state index is 12.0. The molecule has 0 unspecified atom stereocenters. The molecule has 2 rings (SSSR count). The van der Waals surface area contributed by atoms with Crippen molar-refractivity contribution in [2.75, 3.05) is 4.72 Å². The smallest absolute Gasteiger partial charge is 0.295 e. The van der Waals surface area contributed by atoms with E-state index < -0.39 is 10.0 Å². The Morgan fingerprint density at radius 2 is 2.17 bits per heavy atom. The molecular formula is C10H10BrN3O3S. The van der Waals surface area contributed by atoms with Crippen molar-refractivity contribution in [3.8, 4) is 0 Å². The van der Waals surface area contributed by atoms with Gasteiger partial charge in [-0.05, 0) is 34.1 Å². The number of sulfonamides is 1. The third kappa shape index (κ3) is 2.71. The molecule has 18 heavy (non-hydrogen) atoms. The van der Waals surface area contributed by atoms with Crippen LogP contribution in [0, 0.1) is 0 Å². The normalized spacial score (nSPS) is 11.4. The lowest BCUT2D eigenvalue weighted by Gasteiger charge is -2.06. The Morgan fingerprint density at radius 3 is 2.78 bits per heavy atom. The van der Waals surface area contributed by atoms with E-state index in [2.05, 4.69) is 25.6 Å². The van der Waals surface area contributed by atoms with Gasteiger partial charge in [0.2, 0.25) is 5.09 Å². The molecule has 6 nitrogen and oxygen atoms in total. The van der Waals surface area contributed by atoms with E-state index in [1.165, 1.54) is 30.6 Å². The monoisotopic (exact) mass is 331 g/mol. The molecule has 0 aliphatic heterocycles.